The van der Waals surface area contributed by atoms with E-state index in [0.29, 0.717) is 53.0 Å². The van der Waals surface area contributed by atoms with Crippen LogP contribution in [-0.4, -0.2) is 9.13 Å². The fraction of sp³-hybridized carbons (Fsp3) is 0.0204. The van der Waals surface area contributed by atoms with Gasteiger partial charge < -0.3 is 9.13 Å². The van der Waals surface area contributed by atoms with E-state index in [2.05, 4.69) is 0 Å². The highest BCUT2D eigenvalue weighted by Crippen LogP contribution is 2.50. The van der Waals surface area contributed by atoms with E-state index in [1.807, 2.05) is 72.8 Å². The summed E-state index contributed by atoms with van der Waals surface area (Å²) in [7, 11) is 0. The number of hydrogen-bond acceptors (Lipinski definition) is 2. The van der Waals surface area contributed by atoms with Crippen molar-refractivity contribution >= 4 is 107 Å². The van der Waals surface area contributed by atoms with E-state index >= 15 is 30.7 Å². The van der Waals surface area contributed by atoms with E-state index in [0.717, 1.165) is 43.1 Å². The van der Waals surface area contributed by atoms with Crippen LogP contribution >= 0.6 is 22.7 Å². The van der Waals surface area contributed by atoms with Crippen molar-refractivity contribution in [2.24, 2.45) is 0 Å². The average molecular weight is 855 g/mol. The molecule has 0 bridgehead atoms. The lowest BCUT2D eigenvalue weighted by Gasteiger charge is -2.23. The van der Waals surface area contributed by atoms with E-state index in [4.69, 9.17) is 0 Å². The predicted molar refractivity (Wildman–Crippen MR) is 231 cm³/mol. The van der Waals surface area contributed by atoms with E-state index in [1.165, 1.54) is 31.8 Å². The largest absolute Gasteiger partial charge is 0.416 e. The average Bonchev–Trinajstić information content (AvgIpc) is 4.02. The highest BCUT2D eigenvalue weighted by molar-refractivity contribution is 7.27. The van der Waals surface area contributed by atoms with Crippen LogP contribution in [0, 0.1) is 29.1 Å². The van der Waals surface area contributed by atoms with Crippen LogP contribution in [0.5, 0.6) is 0 Å². The van der Waals surface area contributed by atoms with E-state index in [9.17, 15) is 4.39 Å². The predicted octanol–water partition coefficient (Wildman–Crippen LogP) is 16.0. The highest BCUT2D eigenvalue weighted by atomic mass is 32.1. The number of fused-ring (bicyclic) bond motifs is 14. The summed E-state index contributed by atoms with van der Waals surface area (Å²) in [6, 6.07) is 37.9. The molecule has 0 aliphatic heterocycles. The van der Waals surface area contributed by atoms with Crippen molar-refractivity contribution in [3.05, 3.63) is 168 Å². The lowest BCUT2D eigenvalue weighted by molar-refractivity contribution is -0.137. The van der Waals surface area contributed by atoms with Gasteiger partial charge in [-0.05, 0) is 36.4 Å². The molecule has 0 saturated heterocycles. The molecule has 0 aliphatic rings. The Morgan fingerprint density at radius 3 is 1.20 bits per heavy atom. The van der Waals surface area contributed by atoms with Crippen LogP contribution in [0.4, 0.5) is 35.1 Å². The second-order valence-corrected chi connectivity index (χ2v) is 17.0. The molecule has 0 amide bonds. The minimum Gasteiger partial charge on any atom is -0.307 e. The summed E-state index contributed by atoms with van der Waals surface area (Å²) in [6.07, 6.45) is -5.05. The normalized spacial score (nSPS) is 12.6. The number of nitrogens with zero attached hydrogens (tertiary/aromatic N) is 2. The monoisotopic (exact) mass is 854 g/mol. The van der Waals surface area contributed by atoms with Crippen LogP contribution < -0.4 is 0 Å². The maximum Gasteiger partial charge on any atom is 0.416 e. The molecule has 12 aromatic rings. The SMILES string of the molecule is Fc1c(F)c(F)c(-c2c(-n3c4ccccc4c4ccc5c6ccccc6sc5c43)cc(C(F)(F)F)cc2-n2c3ccccc3c3ccc4c5ccccc5sc4c32)c(F)c1F. The minimum absolute atomic E-state index is 0.354. The quantitative estimate of drug-likeness (QED) is 0.0952. The van der Waals surface area contributed by atoms with Gasteiger partial charge in [0.15, 0.2) is 23.3 Å². The van der Waals surface area contributed by atoms with E-state index in [-0.39, 0.29) is 0 Å². The topological polar surface area (TPSA) is 9.86 Å². The van der Waals surface area contributed by atoms with Crippen LogP contribution in [-0.2, 0) is 6.18 Å². The van der Waals surface area contributed by atoms with E-state index in [1.54, 1.807) is 48.5 Å². The third-order valence-corrected chi connectivity index (χ3v) is 14.1. The Hall–Kier alpha value is -6.76. The molecular formula is C49H22F8N2S2. The maximum absolute atomic E-state index is 16.7. The van der Waals surface area contributed by atoms with Gasteiger partial charge in [-0.25, -0.2) is 22.0 Å². The van der Waals surface area contributed by atoms with Gasteiger partial charge in [0.05, 0.1) is 54.0 Å². The second kappa shape index (κ2) is 12.6. The molecule has 0 unspecified atom stereocenters. The lowest BCUT2D eigenvalue weighted by Crippen LogP contribution is -2.13. The number of hydrogen-bond donors (Lipinski definition) is 0. The highest BCUT2D eigenvalue weighted by Gasteiger charge is 2.37. The molecule has 12 rings (SSSR count). The van der Waals surface area contributed by atoms with Crippen LogP contribution in [0.2, 0.25) is 0 Å². The molecule has 0 fully saturated rings. The van der Waals surface area contributed by atoms with Crippen molar-refractivity contribution in [2.75, 3.05) is 0 Å². The van der Waals surface area contributed by atoms with Gasteiger partial charge in [0.1, 0.15) is 0 Å². The minimum atomic E-state index is -5.05. The van der Waals surface area contributed by atoms with Gasteiger partial charge in [0.2, 0.25) is 5.82 Å². The van der Waals surface area contributed by atoms with Gasteiger partial charge in [-0.3, -0.25) is 0 Å². The summed E-state index contributed by atoms with van der Waals surface area (Å²) in [5.41, 5.74) is -2.53. The summed E-state index contributed by atoms with van der Waals surface area (Å²) in [5.74, 6) is -11.2. The second-order valence-electron chi connectivity index (χ2n) is 14.9. The number of halogens is 8. The van der Waals surface area contributed by atoms with Gasteiger partial charge in [-0.2, -0.15) is 13.2 Å². The molecule has 8 aromatic carbocycles. The number of alkyl halides is 3. The summed E-state index contributed by atoms with van der Waals surface area (Å²) in [4.78, 5) is 0. The van der Waals surface area contributed by atoms with Crippen LogP contribution in [0.15, 0.2) is 133 Å². The third kappa shape index (κ3) is 4.88. The van der Waals surface area contributed by atoms with Gasteiger partial charge >= 0.3 is 6.18 Å². The first-order chi connectivity index (χ1) is 29.5. The van der Waals surface area contributed by atoms with Crippen molar-refractivity contribution in [1.29, 1.82) is 0 Å². The Morgan fingerprint density at radius 2 is 0.754 bits per heavy atom. The summed E-state index contributed by atoms with van der Waals surface area (Å²) < 4.78 is 133. The number of aromatic nitrogens is 2. The van der Waals surface area contributed by atoms with Crippen molar-refractivity contribution in [1.82, 2.24) is 9.13 Å². The van der Waals surface area contributed by atoms with Gasteiger partial charge in [-0.1, -0.05) is 97.1 Å². The van der Waals surface area contributed by atoms with Gasteiger partial charge in [-0.15, -0.1) is 22.7 Å². The molecule has 12 heteroatoms. The first-order valence-corrected chi connectivity index (χ1v) is 20.6. The molecule has 296 valence electrons. The molecule has 0 atom stereocenters. The molecule has 0 N–H and O–H groups in total. The third-order valence-electron chi connectivity index (χ3n) is 11.7. The Balaban J connectivity index is 1.37. The van der Waals surface area contributed by atoms with Gasteiger partial charge in [0.25, 0.3) is 0 Å². The standard InChI is InChI=1S/C49H22F8N2S2/c50-40-39(41(51)43(53)44(54)42(40)52)38-34(58-32-13-5-1-9-24(32)28-17-19-30-26-11-3-7-15-36(26)60-47(30)45(28)58)21-23(49(55,56)57)22-35(38)59-33-14-6-2-10-25(33)29-18-20-31-27-12-4-8-16-37(27)61-48(31)46(29)59/h1-22H. The first-order valence-electron chi connectivity index (χ1n) is 19.0. The number of thiophene rings is 2. The lowest BCUT2D eigenvalue weighted by atomic mass is 9.96. The Morgan fingerprint density at radius 1 is 0.377 bits per heavy atom. The van der Waals surface area contributed by atoms with Gasteiger partial charge in [0, 0.05) is 58.1 Å². The fourth-order valence-corrected chi connectivity index (χ4v) is 11.7. The molecule has 61 heavy (non-hydrogen) atoms. The molecule has 2 nitrogen and oxygen atoms in total. The van der Waals surface area contributed by atoms with Crippen molar-refractivity contribution in [3.8, 4) is 22.5 Å². The van der Waals surface area contributed by atoms with Crippen LogP contribution in [0.25, 0.3) is 106 Å². The molecular weight excluding hydrogens is 833 g/mol. The smallest absolute Gasteiger partial charge is 0.307 e. The molecule has 0 aliphatic carbocycles. The van der Waals surface area contributed by atoms with Crippen molar-refractivity contribution in [3.63, 3.8) is 0 Å². The Kier molecular flexibility index (Phi) is 7.48. The summed E-state index contributed by atoms with van der Waals surface area (Å²) >= 11 is 2.77. The zero-order chi connectivity index (χ0) is 41.6. The number of para-hydroxylation sites is 2. The molecule has 4 heterocycles. The molecule has 0 saturated carbocycles. The summed E-state index contributed by atoms with van der Waals surface area (Å²) in [5, 5.41) is 5.73. The van der Waals surface area contributed by atoms with Crippen molar-refractivity contribution < 1.29 is 35.1 Å². The Bertz CT molecular complexity index is 3650. The summed E-state index contributed by atoms with van der Waals surface area (Å²) in [6.45, 7) is 0. The van der Waals surface area contributed by atoms with Crippen LogP contribution in [0.1, 0.15) is 5.56 Å². The fourth-order valence-electron chi connectivity index (χ4n) is 9.17. The Labute approximate surface area is 346 Å². The van der Waals surface area contributed by atoms with E-state index < -0.39 is 63.3 Å². The number of benzene rings is 8. The molecule has 0 radical (unpaired) electrons. The molecule has 4 aromatic heterocycles. The maximum atomic E-state index is 16.7. The zero-order valence-corrected chi connectivity index (χ0v) is 32.6. The first kappa shape index (κ1) is 36.1. The van der Waals surface area contributed by atoms with Crippen molar-refractivity contribution in [2.45, 2.75) is 6.18 Å². The molecule has 0 spiro atoms. The van der Waals surface area contributed by atoms with Crippen LogP contribution in [0.3, 0.4) is 0 Å². The zero-order valence-electron chi connectivity index (χ0n) is 30.9. The number of rotatable bonds is 3.